The molecule has 100 valence electrons. The molecule has 0 radical (unpaired) electrons. The quantitative estimate of drug-likeness (QED) is 0.531. The second-order valence-electron chi connectivity index (χ2n) is 6.29. The molecular formula is C14H24OSSi2. The van der Waals surface area contributed by atoms with Crippen molar-refractivity contribution in [1.29, 1.82) is 0 Å². The van der Waals surface area contributed by atoms with Gasteiger partial charge in [-0.05, 0) is 19.6 Å². The van der Waals surface area contributed by atoms with Gasteiger partial charge in [-0.25, -0.2) is 0 Å². The summed E-state index contributed by atoms with van der Waals surface area (Å²) >= 11 is 1.95. The lowest BCUT2D eigenvalue weighted by molar-refractivity contribution is 0.515. The van der Waals surface area contributed by atoms with Crippen LogP contribution in [0.3, 0.4) is 0 Å². The minimum absolute atomic E-state index is 1.04. The molecule has 0 aliphatic rings. The van der Waals surface area contributed by atoms with Gasteiger partial charge in [0.2, 0.25) is 8.32 Å². The molecule has 0 N–H and O–H groups in total. The maximum Gasteiger partial charge on any atom is 0.242 e. The Morgan fingerprint density at radius 2 is 1.56 bits per heavy atom. The second kappa shape index (κ2) is 6.13. The molecule has 0 atom stereocenters. The first kappa shape index (κ1) is 15.6. The van der Waals surface area contributed by atoms with Crippen LogP contribution < -0.4 is 0 Å². The highest BCUT2D eigenvalue weighted by Gasteiger charge is 2.20. The Morgan fingerprint density at radius 3 is 2.00 bits per heavy atom. The van der Waals surface area contributed by atoms with Crippen molar-refractivity contribution in [2.75, 3.05) is 0 Å². The molecule has 0 fully saturated rings. The molecule has 1 rings (SSSR count). The summed E-state index contributed by atoms with van der Waals surface area (Å²) < 4.78 is 6.22. The van der Waals surface area contributed by atoms with Crippen molar-refractivity contribution in [3.8, 4) is 0 Å². The maximum absolute atomic E-state index is 6.22. The van der Waals surface area contributed by atoms with Crippen molar-refractivity contribution in [3.05, 3.63) is 41.3 Å². The normalized spacial score (nSPS) is 13.6. The highest BCUT2D eigenvalue weighted by atomic mass is 32.4. The summed E-state index contributed by atoms with van der Waals surface area (Å²) in [4.78, 5) is 0. The fourth-order valence-electron chi connectivity index (χ4n) is 1.31. The standard InChI is InChI=1S/C14H24OSSi2/c1-17(2,3)15-14(12-16-18(4,5)6)13-10-8-7-9-11-13/h7-12H,1-6H3/b14-12-. The van der Waals surface area contributed by atoms with E-state index in [0.717, 1.165) is 5.76 Å². The molecule has 0 heterocycles. The summed E-state index contributed by atoms with van der Waals surface area (Å²) in [5, 5.41) is 2.22. The number of hydrogen-bond acceptors (Lipinski definition) is 2. The Kier molecular flexibility index (Phi) is 5.31. The van der Waals surface area contributed by atoms with Crippen LogP contribution in [0.25, 0.3) is 5.76 Å². The predicted octanol–water partition coefficient (Wildman–Crippen LogP) is 5.40. The van der Waals surface area contributed by atoms with Crippen molar-refractivity contribution in [2.45, 2.75) is 39.3 Å². The van der Waals surface area contributed by atoms with Crippen LogP contribution in [0.15, 0.2) is 35.7 Å². The van der Waals surface area contributed by atoms with Crippen LogP contribution in [-0.4, -0.2) is 15.5 Å². The van der Waals surface area contributed by atoms with E-state index < -0.39 is 15.5 Å². The highest BCUT2D eigenvalue weighted by Crippen LogP contribution is 2.28. The molecule has 4 heteroatoms. The van der Waals surface area contributed by atoms with Gasteiger partial charge in [0.1, 0.15) is 13.0 Å². The Morgan fingerprint density at radius 1 is 1.00 bits per heavy atom. The van der Waals surface area contributed by atoms with Crippen LogP contribution >= 0.6 is 11.2 Å². The Bertz CT molecular complexity index is 402. The largest absolute Gasteiger partial charge is 0.544 e. The first-order valence-electron chi connectivity index (χ1n) is 6.30. The summed E-state index contributed by atoms with van der Waals surface area (Å²) in [6, 6.07) is 10.4. The molecule has 0 saturated carbocycles. The van der Waals surface area contributed by atoms with E-state index in [1.807, 2.05) is 17.3 Å². The molecule has 0 aliphatic heterocycles. The van der Waals surface area contributed by atoms with Gasteiger partial charge in [-0.15, -0.1) is 0 Å². The van der Waals surface area contributed by atoms with Crippen molar-refractivity contribution >= 4 is 32.5 Å². The number of hydrogen-bond donors (Lipinski definition) is 0. The summed E-state index contributed by atoms with van der Waals surface area (Å²) in [6.07, 6.45) is 0. The minimum Gasteiger partial charge on any atom is -0.544 e. The molecule has 1 aromatic rings. The average molecular weight is 297 g/mol. The number of rotatable bonds is 5. The van der Waals surface area contributed by atoms with Crippen molar-refractivity contribution in [2.24, 2.45) is 0 Å². The van der Waals surface area contributed by atoms with Gasteiger partial charge < -0.3 is 4.43 Å². The molecule has 1 nitrogen and oxygen atoms in total. The number of benzene rings is 1. The van der Waals surface area contributed by atoms with Gasteiger partial charge in [0, 0.05) is 11.0 Å². The monoisotopic (exact) mass is 296 g/mol. The fraction of sp³-hybridized carbons (Fsp3) is 0.429. The summed E-state index contributed by atoms with van der Waals surface area (Å²) in [7, 11) is -2.72. The summed E-state index contributed by atoms with van der Waals surface area (Å²) in [5.74, 6) is 1.04. The molecule has 0 aliphatic carbocycles. The van der Waals surface area contributed by atoms with E-state index in [1.165, 1.54) is 5.56 Å². The van der Waals surface area contributed by atoms with Gasteiger partial charge in [-0.1, -0.05) is 50.0 Å². The van der Waals surface area contributed by atoms with Gasteiger partial charge in [-0.2, -0.15) is 11.2 Å². The third-order valence-electron chi connectivity index (χ3n) is 1.99. The molecule has 0 aromatic heterocycles. The van der Waals surface area contributed by atoms with Crippen molar-refractivity contribution < 1.29 is 4.43 Å². The van der Waals surface area contributed by atoms with E-state index in [0.29, 0.717) is 0 Å². The van der Waals surface area contributed by atoms with Crippen LogP contribution in [-0.2, 0) is 4.43 Å². The van der Waals surface area contributed by atoms with Crippen molar-refractivity contribution in [3.63, 3.8) is 0 Å². The van der Waals surface area contributed by atoms with Gasteiger partial charge >= 0.3 is 0 Å². The molecule has 0 unspecified atom stereocenters. The summed E-state index contributed by atoms with van der Waals surface area (Å²) in [6.45, 7) is 13.7. The third kappa shape index (κ3) is 6.47. The van der Waals surface area contributed by atoms with Crippen LogP contribution in [0.5, 0.6) is 0 Å². The first-order chi connectivity index (χ1) is 8.17. The van der Waals surface area contributed by atoms with Crippen LogP contribution in [0.2, 0.25) is 39.3 Å². The Labute approximate surface area is 117 Å². The Balaban J connectivity index is 2.96. The van der Waals surface area contributed by atoms with Gasteiger partial charge in [0.25, 0.3) is 0 Å². The lowest BCUT2D eigenvalue weighted by Gasteiger charge is -2.23. The SMILES string of the molecule is C[Si](C)(C)O/C(=C\S[Si](C)(C)C)c1ccccc1. The molecule has 1 aromatic carbocycles. The van der Waals surface area contributed by atoms with Gasteiger partial charge in [0.15, 0.2) is 0 Å². The van der Waals surface area contributed by atoms with E-state index in [2.05, 4.69) is 69.0 Å². The van der Waals surface area contributed by atoms with E-state index in [4.69, 9.17) is 4.43 Å². The molecule has 0 spiro atoms. The van der Waals surface area contributed by atoms with Gasteiger partial charge in [0.05, 0.1) is 0 Å². The van der Waals surface area contributed by atoms with Crippen LogP contribution in [0.1, 0.15) is 5.56 Å². The minimum atomic E-state index is -1.57. The molecule has 18 heavy (non-hydrogen) atoms. The zero-order chi connectivity index (χ0) is 13.8. The Hall–Kier alpha value is -0.456. The smallest absolute Gasteiger partial charge is 0.242 e. The van der Waals surface area contributed by atoms with Gasteiger partial charge in [-0.3, -0.25) is 0 Å². The first-order valence-corrected chi connectivity index (χ1v) is 14.8. The van der Waals surface area contributed by atoms with E-state index in [-0.39, 0.29) is 0 Å². The molecule has 0 saturated heterocycles. The topological polar surface area (TPSA) is 9.23 Å². The third-order valence-corrected chi connectivity index (χ3v) is 6.34. The zero-order valence-electron chi connectivity index (χ0n) is 12.3. The van der Waals surface area contributed by atoms with Crippen LogP contribution in [0, 0.1) is 0 Å². The predicted molar refractivity (Wildman–Crippen MR) is 89.8 cm³/mol. The second-order valence-corrected chi connectivity index (χ2v) is 19.8. The summed E-state index contributed by atoms with van der Waals surface area (Å²) in [5.41, 5.74) is 1.19. The molecular weight excluding hydrogens is 272 g/mol. The van der Waals surface area contributed by atoms with E-state index in [9.17, 15) is 0 Å². The average Bonchev–Trinajstić information content (AvgIpc) is 2.23. The maximum atomic E-state index is 6.22. The zero-order valence-corrected chi connectivity index (χ0v) is 15.1. The van der Waals surface area contributed by atoms with E-state index >= 15 is 0 Å². The van der Waals surface area contributed by atoms with E-state index in [1.54, 1.807) is 0 Å². The highest BCUT2D eigenvalue weighted by molar-refractivity contribution is 8.30. The van der Waals surface area contributed by atoms with Crippen molar-refractivity contribution in [1.82, 2.24) is 0 Å². The molecule has 0 amide bonds. The lowest BCUT2D eigenvalue weighted by Crippen LogP contribution is -2.24. The fourth-order valence-corrected chi connectivity index (χ4v) is 4.26. The van der Waals surface area contributed by atoms with Crippen LogP contribution in [0.4, 0.5) is 0 Å². The lowest BCUT2D eigenvalue weighted by atomic mass is 10.2. The molecule has 0 bridgehead atoms.